The Bertz CT molecular complexity index is 685. The second-order valence-corrected chi connectivity index (χ2v) is 9.25. The molecule has 4 rings (SSSR count). The Kier molecular flexibility index (Phi) is 4.12. The number of carbonyl (C=O) groups is 1. The highest BCUT2D eigenvalue weighted by Gasteiger charge is 2.60. The van der Waals surface area contributed by atoms with Gasteiger partial charge in [0.15, 0.2) is 0 Å². The summed E-state index contributed by atoms with van der Waals surface area (Å²) in [5, 5.41) is 20.8. The fourth-order valence-corrected chi connectivity index (χ4v) is 6.29. The number of fused-ring (bicyclic) bond motifs is 5. The minimum absolute atomic E-state index is 0.0555. The lowest BCUT2D eigenvalue weighted by Gasteiger charge is -2.55. The van der Waals surface area contributed by atoms with E-state index >= 15 is 0 Å². The van der Waals surface area contributed by atoms with E-state index in [1.54, 1.807) is 0 Å². The number of carbonyl (C=O) groups excluding carboxylic acids is 1. The molecule has 2 N–H and O–H groups in total. The molecular formula is C21H29FO4. The van der Waals surface area contributed by atoms with Crippen LogP contribution >= 0.6 is 0 Å². The molecule has 0 aromatic carbocycles. The molecule has 0 aromatic rings. The summed E-state index contributed by atoms with van der Waals surface area (Å²) < 4.78 is 19.7. The quantitative estimate of drug-likeness (QED) is 0.702. The van der Waals surface area contributed by atoms with Gasteiger partial charge in [0.25, 0.3) is 0 Å². The van der Waals surface area contributed by atoms with Gasteiger partial charge in [0.1, 0.15) is 12.3 Å². The highest BCUT2D eigenvalue weighted by molar-refractivity contribution is 5.66. The predicted molar refractivity (Wildman–Crippen MR) is 94.9 cm³/mol. The van der Waals surface area contributed by atoms with E-state index in [0.717, 1.165) is 12.8 Å². The molecule has 4 aliphatic rings. The van der Waals surface area contributed by atoms with Crippen molar-refractivity contribution >= 4 is 5.97 Å². The summed E-state index contributed by atoms with van der Waals surface area (Å²) >= 11 is 0. The molecule has 4 aliphatic carbocycles. The average molecular weight is 364 g/mol. The molecule has 0 saturated heterocycles. The zero-order valence-corrected chi connectivity index (χ0v) is 15.7. The first-order valence-corrected chi connectivity index (χ1v) is 9.75. The molecule has 0 heterocycles. The maximum atomic E-state index is 14.3. The number of hydrogen-bond acceptors (Lipinski definition) is 4. The minimum atomic E-state index is -1.16. The van der Waals surface area contributed by atoms with Crippen LogP contribution in [0.3, 0.4) is 0 Å². The highest BCUT2D eigenvalue weighted by atomic mass is 19.1. The SMILES string of the molecule is CC(=O)O[C@H]1C[C@@]2(C)C(=CC=C3[C@@H]4C[C@@H](F)[C@H](O)[C@@]4(C)CC[C@@H]32)C[C@H]1O. The first kappa shape index (κ1) is 18.2. The van der Waals surface area contributed by atoms with Crippen LogP contribution in [0, 0.1) is 22.7 Å². The van der Waals surface area contributed by atoms with E-state index in [9.17, 15) is 19.4 Å². The molecule has 5 heteroatoms. The van der Waals surface area contributed by atoms with Crippen LogP contribution in [-0.2, 0) is 9.53 Å². The number of hydrogen-bond donors (Lipinski definition) is 2. The second-order valence-electron chi connectivity index (χ2n) is 9.25. The zero-order chi connectivity index (χ0) is 18.9. The molecule has 3 saturated carbocycles. The number of aliphatic hydroxyl groups excluding tert-OH is 2. The van der Waals surface area contributed by atoms with Crippen molar-refractivity contribution in [3.05, 3.63) is 23.3 Å². The third kappa shape index (κ3) is 2.43. The van der Waals surface area contributed by atoms with Crippen molar-refractivity contribution in [3.8, 4) is 0 Å². The van der Waals surface area contributed by atoms with Gasteiger partial charge in [-0.05, 0) is 49.4 Å². The second kappa shape index (κ2) is 5.90. The topological polar surface area (TPSA) is 66.8 Å². The van der Waals surface area contributed by atoms with Crippen LogP contribution in [-0.4, -0.2) is 40.7 Å². The summed E-state index contributed by atoms with van der Waals surface area (Å²) in [5.74, 6) is -0.0596. The number of rotatable bonds is 1. The summed E-state index contributed by atoms with van der Waals surface area (Å²) in [4.78, 5) is 11.4. The number of alkyl halides is 1. The predicted octanol–water partition coefficient (Wildman–Crippen LogP) is 3.08. The Labute approximate surface area is 154 Å². The number of esters is 1. The van der Waals surface area contributed by atoms with Gasteiger partial charge in [-0.2, -0.15) is 0 Å². The number of aliphatic hydroxyl groups is 2. The van der Waals surface area contributed by atoms with Crippen molar-refractivity contribution in [3.63, 3.8) is 0 Å². The molecule has 0 radical (unpaired) electrons. The molecule has 0 spiro atoms. The molecule has 26 heavy (non-hydrogen) atoms. The molecule has 0 amide bonds. The van der Waals surface area contributed by atoms with Crippen LogP contribution in [0.4, 0.5) is 4.39 Å². The van der Waals surface area contributed by atoms with E-state index in [1.807, 2.05) is 6.92 Å². The maximum Gasteiger partial charge on any atom is 0.302 e. The number of halogens is 1. The molecule has 8 atom stereocenters. The molecule has 3 fully saturated rings. The third-order valence-corrected chi connectivity index (χ3v) is 7.83. The first-order valence-electron chi connectivity index (χ1n) is 9.75. The lowest BCUT2D eigenvalue weighted by atomic mass is 9.51. The molecule has 0 bridgehead atoms. The summed E-state index contributed by atoms with van der Waals surface area (Å²) in [6, 6.07) is 0. The van der Waals surface area contributed by atoms with E-state index in [-0.39, 0.29) is 23.2 Å². The fourth-order valence-electron chi connectivity index (χ4n) is 6.29. The smallest absolute Gasteiger partial charge is 0.302 e. The Morgan fingerprint density at radius 3 is 2.69 bits per heavy atom. The average Bonchev–Trinajstić information content (AvgIpc) is 2.79. The van der Waals surface area contributed by atoms with Crippen LogP contribution in [0.25, 0.3) is 0 Å². The van der Waals surface area contributed by atoms with Crippen LogP contribution in [0.5, 0.6) is 0 Å². The normalized spacial score (nSPS) is 50.1. The standard InChI is InChI=1S/C21H29FO4/c1-11(23)26-18-10-21(3)12(8-17(18)24)4-5-13-14(21)6-7-20(2)15(13)9-16(22)19(20)25/h4-5,14-19,24-25H,6-10H2,1-3H3/t14-,15-,16+,17+,18-,19-,20-,21-/m0/s1. The van der Waals surface area contributed by atoms with E-state index in [4.69, 9.17) is 4.74 Å². The van der Waals surface area contributed by atoms with Crippen molar-refractivity contribution < 1.29 is 24.1 Å². The van der Waals surface area contributed by atoms with E-state index in [2.05, 4.69) is 19.1 Å². The van der Waals surface area contributed by atoms with Gasteiger partial charge in [-0.25, -0.2) is 4.39 Å². The van der Waals surface area contributed by atoms with Crippen LogP contribution in [0.2, 0.25) is 0 Å². The summed E-state index contributed by atoms with van der Waals surface area (Å²) in [6.07, 6.45) is 4.14. The summed E-state index contributed by atoms with van der Waals surface area (Å²) in [6.45, 7) is 5.59. The largest absolute Gasteiger partial charge is 0.460 e. The Balaban J connectivity index is 1.68. The van der Waals surface area contributed by atoms with Crippen molar-refractivity contribution in [1.82, 2.24) is 0 Å². The molecule has 0 aromatic heterocycles. The van der Waals surface area contributed by atoms with Crippen LogP contribution < -0.4 is 0 Å². The molecule has 144 valence electrons. The van der Waals surface area contributed by atoms with Gasteiger partial charge < -0.3 is 14.9 Å². The van der Waals surface area contributed by atoms with Crippen molar-refractivity contribution in [1.29, 1.82) is 0 Å². The number of allylic oxidation sites excluding steroid dienone is 3. The van der Waals surface area contributed by atoms with Gasteiger partial charge in [-0.3, -0.25) is 4.79 Å². The lowest BCUT2D eigenvalue weighted by molar-refractivity contribution is -0.157. The summed E-state index contributed by atoms with van der Waals surface area (Å²) in [5.41, 5.74) is 1.85. The Morgan fingerprint density at radius 2 is 2.00 bits per heavy atom. The van der Waals surface area contributed by atoms with Gasteiger partial charge in [-0.15, -0.1) is 0 Å². The molecule has 4 nitrogen and oxygen atoms in total. The van der Waals surface area contributed by atoms with Gasteiger partial charge in [0.05, 0.1) is 12.2 Å². The van der Waals surface area contributed by atoms with Crippen LogP contribution in [0.15, 0.2) is 23.3 Å². The first-order chi connectivity index (χ1) is 12.2. The van der Waals surface area contributed by atoms with Gasteiger partial charge in [-0.1, -0.05) is 37.1 Å². The van der Waals surface area contributed by atoms with Crippen molar-refractivity contribution in [2.24, 2.45) is 22.7 Å². The van der Waals surface area contributed by atoms with Gasteiger partial charge >= 0.3 is 5.97 Å². The third-order valence-electron chi connectivity index (χ3n) is 7.83. The summed E-state index contributed by atoms with van der Waals surface area (Å²) in [7, 11) is 0. The van der Waals surface area contributed by atoms with Crippen LogP contribution in [0.1, 0.15) is 52.9 Å². The fraction of sp³-hybridized carbons (Fsp3) is 0.762. The van der Waals surface area contributed by atoms with Gasteiger partial charge in [0, 0.05) is 12.3 Å². The van der Waals surface area contributed by atoms with E-state index < -0.39 is 29.9 Å². The van der Waals surface area contributed by atoms with Crippen molar-refractivity contribution in [2.45, 2.75) is 77.4 Å². The highest BCUT2D eigenvalue weighted by Crippen LogP contribution is 2.63. The molecular weight excluding hydrogens is 335 g/mol. The molecule has 0 unspecified atom stereocenters. The maximum absolute atomic E-state index is 14.3. The van der Waals surface area contributed by atoms with E-state index in [1.165, 1.54) is 18.1 Å². The van der Waals surface area contributed by atoms with E-state index in [0.29, 0.717) is 19.3 Å². The monoisotopic (exact) mass is 364 g/mol. The minimum Gasteiger partial charge on any atom is -0.460 e. The molecule has 0 aliphatic heterocycles. The van der Waals surface area contributed by atoms with Crippen molar-refractivity contribution in [2.75, 3.05) is 0 Å². The Morgan fingerprint density at radius 1 is 1.27 bits per heavy atom. The Hall–Kier alpha value is -1.20. The number of ether oxygens (including phenoxy) is 1. The lowest BCUT2D eigenvalue weighted by Crippen LogP contribution is -2.51. The zero-order valence-electron chi connectivity index (χ0n) is 15.7. The van der Waals surface area contributed by atoms with Gasteiger partial charge in [0.2, 0.25) is 0 Å².